The number of anilines is 1. The summed E-state index contributed by atoms with van der Waals surface area (Å²) in [5.74, 6) is 0. The third-order valence-electron chi connectivity index (χ3n) is 2.72. The van der Waals surface area contributed by atoms with E-state index in [4.69, 9.17) is 4.84 Å². The summed E-state index contributed by atoms with van der Waals surface area (Å²) in [6.45, 7) is 2.73. The molecule has 3 heteroatoms. The average Bonchev–Trinajstić information content (AvgIpc) is 2.45. The van der Waals surface area contributed by atoms with Crippen LogP contribution >= 0.6 is 0 Å². The highest BCUT2D eigenvalue weighted by atomic mass is 16.6. The van der Waals surface area contributed by atoms with Crippen LogP contribution in [0.5, 0.6) is 0 Å². The highest BCUT2D eigenvalue weighted by Crippen LogP contribution is 2.05. The number of hydrogen-bond acceptors (Lipinski definition) is 3. The van der Waals surface area contributed by atoms with E-state index in [2.05, 4.69) is 29.5 Å². The van der Waals surface area contributed by atoms with Gasteiger partial charge in [0.1, 0.15) is 0 Å². The van der Waals surface area contributed by atoms with E-state index in [9.17, 15) is 0 Å². The highest BCUT2D eigenvalue weighted by molar-refractivity contribution is 5.39. The molecule has 1 heterocycles. The quantitative estimate of drug-likeness (QED) is 0.623. The highest BCUT2D eigenvalue weighted by Gasteiger charge is 1.96. The molecule has 18 heavy (non-hydrogen) atoms. The summed E-state index contributed by atoms with van der Waals surface area (Å²) >= 11 is 0. The molecule has 0 spiro atoms. The summed E-state index contributed by atoms with van der Waals surface area (Å²) in [5, 5.41) is 0. The molecule has 0 fully saturated rings. The molecule has 0 aliphatic carbocycles. The van der Waals surface area contributed by atoms with Crippen LogP contribution in [0.25, 0.3) is 0 Å². The van der Waals surface area contributed by atoms with Crippen LogP contribution in [-0.2, 0) is 17.7 Å². The van der Waals surface area contributed by atoms with Crippen molar-refractivity contribution in [2.75, 3.05) is 12.1 Å². The predicted octanol–water partition coefficient (Wildman–Crippen LogP) is 3.23. The van der Waals surface area contributed by atoms with Crippen molar-refractivity contribution in [3.63, 3.8) is 0 Å². The summed E-state index contributed by atoms with van der Waals surface area (Å²) in [4.78, 5) is 9.78. The standard InChI is InChI=1S/C15H18N2O/c1-2-13-8-9-14(16-12-13)10-11-18-17-15-6-4-3-5-7-15/h3-9,12,17H,2,10-11H2,1H3. The van der Waals surface area contributed by atoms with E-state index in [1.165, 1.54) is 5.56 Å². The van der Waals surface area contributed by atoms with Crippen LogP contribution in [0.4, 0.5) is 5.69 Å². The van der Waals surface area contributed by atoms with Gasteiger partial charge in [-0.15, -0.1) is 0 Å². The fourth-order valence-corrected chi connectivity index (χ4v) is 1.61. The van der Waals surface area contributed by atoms with Crippen LogP contribution < -0.4 is 5.48 Å². The van der Waals surface area contributed by atoms with Gasteiger partial charge in [-0.05, 0) is 30.2 Å². The number of hydrogen-bond donors (Lipinski definition) is 1. The second kappa shape index (κ2) is 6.77. The van der Waals surface area contributed by atoms with Gasteiger partial charge in [0.2, 0.25) is 0 Å². The minimum Gasteiger partial charge on any atom is -0.276 e. The Kier molecular flexibility index (Phi) is 4.73. The summed E-state index contributed by atoms with van der Waals surface area (Å²) in [6.07, 6.45) is 3.77. The van der Waals surface area contributed by atoms with E-state index in [0.717, 1.165) is 24.2 Å². The van der Waals surface area contributed by atoms with Gasteiger partial charge in [0.05, 0.1) is 12.3 Å². The third-order valence-corrected chi connectivity index (χ3v) is 2.72. The van der Waals surface area contributed by atoms with Gasteiger partial charge in [-0.3, -0.25) is 15.3 Å². The molecule has 94 valence electrons. The lowest BCUT2D eigenvalue weighted by Gasteiger charge is -2.06. The Balaban J connectivity index is 1.72. The van der Waals surface area contributed by atoms with Crippen molar-refractivity contribution in [1.82, 2.24) is 4.98 Å². The first kappa shape index (κ1) is 12.6. The van der Waals surface area contributed by atoms with Crippen LogP contribution in [0.2, 0.25) is 0 Å². The SMILES string of the molecule is CCc1ccc(CCONc2ccccc2)nc1. The van der Waals surface area contributed by atoms with E-state index in [-0.39, 0.29) is 0 Å². The van der Waals surface area contributed by atoms with Gasteiger partial charge >= 0.3 is 0 Å². The van der Waals surface area contributed by atoms with Crippen molar-refractivity contribution in [1.29, 1.82) is 0 Å². The number of pyridine rings is 1. The fraction of sp³-hybridized carbons (Fsp3) is 0.267. The van der Waals surface area contributed by atoms with Crippen molar-refractivity contribution >= 4 is 5.69 Å². The first-order valence-electron chi connectivity index (χ1n) is 6.25. The van der Waals surface area contributed by atoms with E-state index >= 15 is 0 Å². The maximum atomic E-state index is 5.39. The number of aryl methyl sites for hydroxylation is 1. The monoisotopic (exact) mass is 242 g/mol. The van der Waals surface area contributed by atoms with Crippen molar-refractivity contribution in [3.05, 3.63) is 59.9 Å². The molecule has 1 aromatic carbocycles. The summed E-state index contributed by atoms with van der Waals surface area (Å²) in [6, 6.07) is 14.0. The van der Waals surface area contributed by atoms with Crippen molar-refractivity contribution < 1.29 is 4.84 Å². The van der Waals surface area contributed by atoms with E-state index in [0.29, 0.717) is 6.61 Å². The van der Waals surface area contributed by atoms with Gasteiger partial charge in [0, 0.05) is 18.3 Å². The normalized spacial score (nSPS) is 10.3. The molecule has 0 radical (unpaired) electrons. The Hall–Kier alpha value is -1.87. The predicted molar refractivity (Wildman–Crippen MR) is 73.3 cm³/mol. The Morgan fingerprint density at radius 1 is 1.11 bits per heavy atom. The van der Waals surface area contributed by atoms with E-state index in [1.807, 2.05) is 36.5 Å². The van der Waals surface area contributed by atoms with Gasteiger partial charge in [0.25, 0.3) is 0 Å². The molecule has 0 atom stereocenters. The summed E-state index contributed by atoms with van der Waals surface area (Å²) < 4.78 is 0. The smallest absolute Gasteiger partial charge is 0.0801 e. The van der Waals surface area contributed by atoms with E-state index < -0.39 is 0 Å². The number of para-hydroxylation sites is 1. The molecule has 0 aliphatic rings. The zero-order valence-electron chi connectivity index (χ0n) is 10.6. The van der Waals surface area contributed by atoms with Crippen LogP contribution in [0.3, 0.4) is 0 Å². The average molecular weight is 242 g/mol. The molecule has 2 rings (SSSR count). The number of nitrogens with one attached hydrogen (secondary N) is 1. The molecule has 0 bridgehead atoms. The maximum Gasteiger partial charge on any atom is 0.0801 e. The molecule has 0 aliphatic heterocycles. The zero-order chi connectivity index (χ0) is 12.6. The second-order valence-corrected chi connectivity index (χ2v) is 4.08. The molecule has 0 amide bonds. The van der Waals surface area contributed by atoms with Gasteiger partial charge in [-0.1, -0.05) is 31.2 Å². The van der Waals surface area contributed by atoms with Gasteiger partial charge < -0.3 is 0 Å². The largest absolute Gasteiger partial charge is 0.276 e. The number of rotatable bonds is 6. The van der Waals surface area contributed by atoms with Crippen molar-refractivity contribution in [2.24, 2.45) is 0 Å². The summed E-state index contributed by atoms with van der Waals surface area (Å²) in [7, 11) is 0. The molecule has 0 saturated carbocycles. The minimum atomic E-state index is 0.605. The molecular weight excluding hydrogens is 224 g/mol. The van der Waals surface area contributed by atoms with Crippen LogP contribution in [-0.4, -0.2) is 11.6 Å². The van der Waals surface area contributed by atoms with Gasteiger partial charge in [-0.25, -0.2) is 0 Å². The summed E-state index contributed by atoms with van der Waals surface area (Å²) in [5.41, 5.74) is 6.20. The Bertz CT molecular complexity index is 454. The van der Waals surface area contributed by atoms with Crippen molar-refractivity contribution in [3.8, 4) is 0 Å². The van der Waals surface area contributed by atoms with Gasteiger partial charge in [0.15, 0.2) is 0 Å². The molecule has 3 nitrogen and oxygen atoms in total. The van der Waals surface area contributed by atoms with Gasteiger partial charge in [-0.2, -0.15) is 0 Å². The molecular formula is C15H18N2O. The lowest BCUT2D eigenvalue weighted by atomic mass is 10.2. The van der Waals surface area contributed by atoms with Crippen LogP contribution in [0.1, 0.15) is 18.2 Å². The topological polar surface area (TPSA) is 34.1 Å². The molecule has 0 saturated heterocycles. The second-order valence-electron chi connectivity index (χ2n) is 4.08. The van der Waals surface area contributed by atoms with E-state index in [1.54, 1.807) is 0 Å². The van der Waals surface area contributed by atoms with Crippen LogP contribution in [0, 0.1) is 0 Å². The molecule has 1 N–H and O–H groups in total. The Morgan fingerprint density at radius 3 is 2.61 bits per heavy atom. The lowest BCUT2D eigenvalue weighted by molar-refractivity contribution is 0.196. The first-order chi connectivity index (χ1) is 8.88. The Morgan fingerprint density at radius 2 is 1.94 bits per heavy atom. The lowest BCUT2D eigenvalue weighted by Crippen LogP contribution is -2.06. The molecule has 0 unspecified atom stereocenters. The number of benzene rings is 1. The maximum absolute atomic E-state index is 5.39. The van der Waals surface area contributed by atoms with Crippen molar-refractivity contribution in [2.45, 2.75) is 19.8 Å². The molecule has 2 aromatic rings. The first-order valence-corrected chi connectivity index (χ1v) is 6.25. The zero-order valence-corrected chi connectivity index (χ0v) is 10.6. The van der Waals surface area contributed by atoms with Crippen LogP contribution in [0.15, 0.2) is 48.7 Å². The third kappa shape index (κ3) is 3.86. The number of aromatic nitrogens is 1. The minimum absolute atomic E-state index is 0.605. The fourth-order valence-electron chi connectivity index (χ4n) is 1.61. The molecule has 1 aromatic heterocycles. The number of nitrogens with zero attached hydrogens (tertiary/aromatic N) is 1. The Labute approximate surface area is 108 Å².